The van der Waals surface area contributed by atoms with E-state index in [1.807, 2.05) is 12.1 Å². The molecule has 0 saturated heterocycles. The van der Waals surface area contributed by atoms with Crippen molar-refractivity contribution in [2.75, 3.05) is 19.5 Å². The standard InChI is InChI=1S/C30H24ClF3N4O4/c1-41-28-16(14-39)9-10-24(37-28)21-11-12-35-26(25(21)31)20-7-3-6-19-18(20)5-4-8-23(19)36-27-22(30(32,33)34)13-17(15-40)29(38-27)42-2/h3,6-7,9-15,23H,4-5,8H2,1-2H3,(H,36,38)/t23-/m0/s1. The van der Waals surface area contributed by atoms with Gasteiger partial charge in [-0.25, -0.2) is 4.98 Å². The molecule has 0 saturated carbocycles. The van der Waals surface area contributed by atoms with Crippen LogP contribution >= 0.6 is 11.6 Å². The molecule has 8 nitrogen and oxygen atoms in total. The topological polar surface area (TPSA) is 103 Å². The van der Waals surface area contributed by atoms with Crippen LogP contribution in [0.15, 0.2) is 48.7 Å². The molecule has 0 amide bonds. The van der Waals surface area contributed by atoms with E-state index < -0.39 is 23.6 Å². The minimum absolute atomic E-state index is 0.160. The molecule has 0 radical (unpaired) electrons. The first-order valence-corrected chi connectivity index (χ1v) is 13.2. The maximum absolute atomic E-state index is 14.0. The molecular formula is C30H24ClF3N4O4. The van der Waals surface area contributed by atoms with Crippen LogP contribution in [-0.2, 0) is 12.6 Å². The summed E-state index contributed by atoms with van der Waals surface area (Å²) in [6, 6.07) is 10.7. The number of pyridine rings is 3. The number of carbonyl (C=O) groups excluding carboxylic acids is 2. The maximum Gasteiger partial charge on any atom is 0.419 e. The van der Waals surface area contributed by atoms with Gasteiger partial charge in [-0.3, -0.25) is 14.6 Å². The first kappa shape index (κ1) is 29.0. The first-order valence-electron chi connectivity index (χ1n) is 12.8. The third kappa shape index (κ3) is 5.39. The second-order valence-electron chi connectivity index (χ2n) is 9.50. The van der Waals surface area contributed by atoms with Crippen LogP contribution in [0.1, 0.15) is 56.3 Å². The lowest BCUT2D eigenvalue weighted by Crippen LogP contribution is -2.21. The Hall–Kier alpha value is -4.51. The number of nitrogens with zero attached hydrogens (tertiary/aromatic N) is 3. The van der Waals surface area contributed by atoms with Crippen LogP contribution in [0.25, 0.3) is 22.5 Å². The second kappa shape index (κ2) is 11.8. The monoisotopic (exact) mass is 596 g/mol. The fourth-order valence-corrected chi connectivity index (χ4v) is 5.47. The van der Waals surface area contributed by atoms with Gasteiger partial charge in [-0.1, -0.05) is 29.8 Å². The number of halogens is 4. The average Bonchev–Trinajstić information content (AvgIpc) is 3.00. The van der Waals surface area contributed by atoms with Gasteiger partial charge in [0, 0.05) is 17.3 Å². The fourth-order valence-electron chi connectivity index (χ4n) is 5.16. The van der Waals surface area contributed by atoms with E-state index in [2.05, 4.69) is 20.3 Å². The van der Waals surface area contributed by atoms with Crippen LogP contribution in [0.3, 0.4) is 0 Å². The van der Waals surface area contributed by atoms with E-state index in [0.717, 1.165) is 22.8 Å². The summed E-state index contributed by atoms with van der Waals surface area (Å²) in [7, 11) is 2.65. The van der Waals surface area contributed by atoms with Crippen molar-refractivity contribution in [3.05, 3.63) is 81.5 Å². The molecule has 12 heteroatoms. The predicted molar refractivity (Wildman–Crippen MR) is 150 cm³/mol. The Kier molecular flexibility index (Phi) is 8.13. The second-order valence-corrected chi connectivity index (χ2v) is 9.87. The molecule has 0 unspecified atom stereocenters. The maximum atomic E-state index is 14.0. The number of hydrogen-bond acceptors (Lipinski definition) is 8. The molecule has 4 aromatic rings. The Labute approximate surface area is 243 Å². The molecule has 1 aromatic carbocycles. The number of alkyl halides is 3. The van der Waals surface area contributed by atoms with Crippen LogP contribution in [-0.4, -0.2) is 41.7 Å². The molecular weight excluding hydrogens is 573 g/mol. The van der Waals surface area contributed by atoms with Crippen LogP contribution in [0.4, 0.5) is 19.0 Å². The van der Waals surface area contributed by atoms with Gasteiger partial charge in [0.05, 0.1) is 53.4 Å². The number of anilines is 1. The highest BCUT2D eigenvalue weighted by atomic mass is 35.5. The van der Waals surface area contributed by atoms with Crippen LogP contribution in [0.2, 0.25) is 5.02 Å². The Morgan fingerprint density at radius 2 is 1.71 bits per heavy atom. The van der Waals surface area contributed by atoms with Gasteiger partial charge >= 0.3 is 6.18 Å². The Bertz CT molecular complexity index is 1680. The summed E-state index contributed by atoms with van der Waals surface area (Å²) in [6.45, 7) is 0. The van der Waals surface area contributed by atoms with Crippen LogP contribution < -0.4 is 14.8 Å². The first-order chi connectivity index (χ1) is 20.2. The quantitative estimate of drug-likeness (QED) is 0.217. The number of ether oxygens (including phenoxy) is 2. The number of aldehydes is 2. The summed E-state index contributed by atoms with van der Waals surface area (Å²) in [6.07, 6.45) is -0.361. The number of hydrogen-bond donors (Lipinski definition) is 1. The van der Waals surface area contributed by atoms with E-state index in [-0.39, 0.29) is 23.6 Å². The Morgan fingerprint density at radius 3 is 2.40 bits per heavy atom. The van der Waals surface area contributed by atoms with E-state index in [0.29, 0.717) is 53.1 Å². The normalized spacial score (nSPS) is 14.6. The Balaban J connectivity index is 1.57. The largest absolute Gasteiger partial charge is 0.480 e. The predicted octanol–water partition coefficient (Wildman–Crippen LogP) is 7.01. The van der Waals surface area contributed by atoms with Gasteiger partial charge in [-0.15, -0.1) is 0 Å². The van der Waals surface area contributed by atoms with Crippen molar-refractivity contribution in [3.63, 3.8) is 0 Å². The highest BCUT2D eigenvalue weighted by Crippen LogP contribution is 2.43. The molecule has 1 aliphatic rings. The number of benzene rings is 1. The smallest absolute Gasteiger partial charge is 0.419 e. The average molecular weight is 597 g/mol. The van der Waals surface area contributed by atoms with Crippen molar-refractivity contribution >= 4 is 30.0 Å². The molecule has 0 aliphatic heterocycles. The molecule has 1 N–H and O–H groups in total. The van der Waals surface area contributed by atoms with Gasteiger partial charge in [0.15, 0.2) is 12.6 Å². The highest BCUT2D eigenvalue weighted by molar-refractivity contribution is 6.35. The van der Waals surface area contributed by atoms with E-state index in [1.165, 1.54) is 14.2 Å². The number of fused-ring (bicyclic) bond motifs is 1. The zero-order valence-corrected chi connectivity index (χ0v) is 23.2. The van der Waals surface area contributed by atoms with Gasteiger partial charge in [0.2, 0.25) is 11.8 Å². The minimum atomic E-state index is -4.75. The Morgan fingerprint density at radius 1 is 0.976 bits per heavy atom. The van der Waals surface area contributed by atoms with Crippen molar-refractivity contribution in [2.24, 2.45) is 0 Å². The number of rotatable bonds is 8. The lowest BCUT2D eigenvalue weighted by atomic mass is 9.83. The molecule has 1 aliphatic carbocycles. The van der Waals surface area contributed by atoms with E-state index in [1.54, 1.807) is 30.5 Å². The fraction of sp³-hybridized carbons (Fsp3) is 0.233. The summed E-state index contributed by atoms with van der Waals surface area (Å²) in [4.78, 5) is 35.6. The summed E-state index contributed by atoms with van der Waals surface area (Å²) < 4.78 is 52.2. The summed E-state index contributed by atoms with van der Waals surface area (Å²) >= 11 is 6.88. The van der Waals surface area contributed by atoms with E-state index in [9.17, 15) is 22.8 Å². The molecule has 0 spiro atoms. The summed E-state index contributed by atoms with van der Waals surface area (Å²) in [5, 5.41) is 3.28. The third-order valence-corrected chi connectivity index (χ3v) is 7.47. The molecule has 216 valence electrons. The molecule has 1 atom stereocenters. The zero-order valence-electron chi connectivity index (χ0n) is 22.5. The highest BCUT2D eigenvalue weighted by Gasteiger charge is 2.37. The third-order valence-electron chi connectivity index (χ3n) is 7.09. The van der Waals surface area contributed by atoms with Gasteiger partial charge in [-0.2, -0.15) is 18.2 Å². The van der Waals surface area contributed by atoms with Crippen molar-refractivity contribution in [3.8, 4) is 34.3 Å². The number of carbonyl (C=O) groups is 2. The van der Waals surface area contributed by atoms with Gasteiger partial charge in [0.25, 0.3) is 0 Å². The van der Waals surface area contributed by atoms with Gasteiger partial charge in [-0.05, 0) is 54.7 Å². The lowest BCUT2D eigenvalue weighted by Gasteiger charge is -2.29. The molecule has 3 aromatic heterocycles. The summed E-state index contributed by atoms with van der Waals surface area (Å²) in [5.41, 5.74) is 2.88. The molecule has 3 heterocycles. The zero-order chi connectivity index (χ0) is 30.0. The number of methoxy groups -OCH3 is 2. The van der Waals surface area contributed by atoms with Crippen molar-refractivity contribution < 1.29 is 32.2 Å². The van der Waals surface area contributed by atoms with Gasteiger partial charge in [0.1, 0.15) is 5.82 Å². The van der Waals surface area contributed by atoms with E-state index >= 15 is 0 Å². The molecule has 42 heavy (non-hydrogen) atoms. The summed E-state index contributed by atoms with van der Waals surface area (Å²) in [5.74, 6) is -0.470. The molecule has 0 fully saturated rings. The number of aromatic nitrogens is 3. The molecule has 5 rings (SSSR count). The van der Waals surface area contributed by atoms with Crippen LogP contribution in [0, 0.1) is 0 Å². The van der Waals surface area contributed by atoms with Gasteiger partial charge < -0.3 is 14.8 Å². The van der Waals surface area contributed by atoms with Crippen LogP contribution in [0.5, 0.6) is 11.8 Å². The SMILES string of the molecule is COc1nc(-c2ccnc(-c3cccc4c3CCC[C@@H]4Nc3nc(OC)c(C=O)cc3C(F)(F)F)c2Cl)ccc1C=O. The van der Waals surface area contributed by atoms with Crippen molar-refractivity contribution in [2.45, 2.75) is 31.5 Å². The lowest BCUT2D eigenvalue weighted by molar-refractivity contribution is -0.137. The van der Waals surface area contributed by atoms with E-state index in [4.69, 9.17) is 21.1 Å². The molecule has 0 bridgehead atoms. The minimum Gasteiger partial charge on any atom is -0.480 e. The van der Waals surface area contributed by atoms with Crippen molar-refractivity contribution in [1.29, 1.82) is 0 Å². The number of nitrogens with one attached hydrogen (secondary N) is 1. The van der Waals surface area contributed by atoms with Crippen molar-refractivity contribution in [1.82, 2.24) is 15.0 Å².